The molecule has 1 unspecified atom stereocenters. The van der Waals surface area contributed by atoms with Crippen molar-refractivity contribution >= 4 is 5.91 Å². The minimum absolute atomic E-state index is 0.0147. The number of hydroxylamine groups is 2. The SMILES string of the molecule is CC(N)CN1OC2(CCC2)CC1=O. The first-order valence-electron chi connectivity index (χ1n) is 4.86. The van der Waals surface area contributed by atoms with Crippen LogP contribution in [-0.4, -0.2) is 29.2 Å². The molecule has 1 saturated carbocycles. The number of amides is 1. The zero-order chi connectivity index (χ0) is 9.47. The molecule has 0 aromatic rings. The lowest BCUT2D eigenvalue weighted by Gasteiger charge is -2.36. The van der Waals surface area contributed by atoms with E-state index < -0.39 is 0 Å². The van der Waals surface area contributed by atoms with Gasteiger partial charge in [-0.15, -0.1) is 0 Å². The largest absolute Gasteiger partial charge is 0.326 e. The van der Waals surface area contributed by atoms with E-state index in [2.05, 4.69) is 0 Å². The lowest BCUT2D eigenvalue weighted by Crippen LogP contribution is -2.40. The molecule has 4 nitrogen and oxygen atoms in total. The number of hydrogen-bond donors (Lipinski definition) is 1. The molecule has 1 atom stereocenters. The van der Waals surface area contributed by atoms with E-state index >= 15 is 0 Å². The van der Waals surface area contributed by atoms with Crippen molar-refractivity contribution in [2.45, 2.75) is 44.2 Å². The fourth-order valence-corrected chi connectivity index (χ4v) is 1.92. The van der Waals surface area contributed by atoms with Crippen LogP contribution in [0.3, 0.4) is 0 Å². The number of hydrogen-bond acceptors (Lipinski definition) is 3. The third kappa shape index (κ3) is 1.56. The summed E-state index contributed by atoms with van der Waals surface area (Å²) in [5, 5.41) is 1.45. The van der Waals surface area contributed by atoms with Crippen LogP contribution in [0.1, 0.15) is 32.6 Å². The standard InChI is InChI=1S/C9H16N2O2/c1-7(10)6-11-8(12)5-9(13-11)3-2-4-9/h7H,2-6,10H2,1H3. The molecule has 74 valence electrons. The highest BCUT2D eigenvalue weighted by molar-refractivity contribution is 5.78. The Morgan fingerprint density at radius 1 is 1.69 bits per heavy atom. The first-order chi connectivity index (χ1) is 6.11. The fraction of sp³-hybridized carbons (Fsp3) is 0.889. The second-order valence-corrected chi connectivity index (χ2v) is 4.24. The molecule has 2 rings (SSSR count). The maximum absolute atomic E-state index is 11.5. The van der Waals surface area contributed by atoms with Gasteiger partial charge in [0.25, 0.3) is 0 Å². The number of carbonyl (C=O) groups is 1. The van der Waals surface area contributed by atoms with Crippen molar-refractivity contribution in [3.8, 4) is 0 Å². The molecule has 2 aliphatic rings. The Bertz CT molecular complexity index is 224. The van der Waals surface area contributed by atoms with Crippen molar-refractivity contribution < 1.29 is 9.63 Å². The van der Waals surface area contributed by atoms with E-state index in [-0.39, 0.29) is 17.6 Å². The Hall–Kier alpha value is -0.610. The summed E-state index contributed by atoms with van der Waals surface area (Å²) in [6.45, 7) is 2.39. The second-order valence-electron chi connectivity index (χ2n) is 4.24. The molecule has 0 aromatic heterocycles. The molecule has 2 fully saturated rings. The van der Waals surface area contributed by atoms with Gasteiger partial charge in [0.05, 0.1) is 13.0 Å². The van der Waals surface area contributed by atoms with E-state index in [9.17, 15) is 4.79 Å². The first-order valence-corrected chi connectivity index (χ1v) is 4.86. The topological polar surface area (TPSA) is 55.6 Å². The molecule has 13 heavy (non-hydrogen) atoms. The van der Waals surface area contributed by atoms with Gasteiger partial charge in [0, 0.05) is 6.04 Å². The van der Waals surface area contributed by atoms with Crippen LogP contribution in [0, 0.1) is 0 Å². The molecule has 1 heterocycles. The van der Waals surface area contributed by atoms with E-state index in [0.717, 1.165) is 12.8 Å². The van der Waals surface area contributed by atoms with Crippen LogP contribution in [0.25, 0.3) is 0 Å². The van der Waals surface area contributed by atoms with Crippen LogP contribution in [0.4, 0.5) is 0 Å². The summed E-state index contributed by atoms with van der Waals surface area (Å²) in [5.41, 5.74) is 5.48. The summed E-state index contributed by atoms with van der Waals surface area (Å²) in [4.78, 5) is 17.1. The zero-order valence-electron chi connectivity index (χ0n) is 7.95. The highest BCUT2D eigenvalue weighted by atomic mass is 16.7. The quantitative estimate of drug-likeness (QED) is 0.676. The molecular weight excluding hydrogens is 168 g/mol. The van der Waals surface area contributed by atoms with Gasteiger partial charge < -0.3 is 5.73 Å². The molecule has 1 amide bonds. The Kier molecular flexibility index (Phi) is 2.04. The number of nitrogens with zero attached hydrogens (tertiary/aromatic N) is 1. The molecule has 1 aliphatic heterocycles. The zero-order valence-corrected chi connectivity index (χ0v) is 7.95. The van der Waals surface area contributed by atoms with Crippen molar-refractivity contribution in [2.75, 3.05) is 6.54 Å². The average Bonchev–Trinajstić information content (AvgIpc) is 2.27. The summed E-state index contributed by atoms with van der Waals surface area (Å²) in [5.74, 6) is 0.0944. The number of nitrogens with two attached hydrogens (primary N) is 1. The van der Waals surface area contributed by atoms with Gasteiger partial charge in [-0.2, -0.15) is 0 Å². The Morgan fingerprint density at radius 3 is 2.77 bits per heavy atom. The molecule has 0 aromatic carbocycles. The molecule has 1 aliphatic carbocycles. The van der Waals surface area contributed by atoms with Gasteiger partial charge in [-0.05, 0) is 26.2 Å². The van der Waals surface area contributed by atoms with Crippen LogP contribution in [0.2, 0.25) is 0 Å². The third-order valence-corrected chi connectivity index (χ3v) is 2.77. The highest BCUT2D eigenvalue weighted by Crippen LogP contribution is 2.43. The monoisotopic (exact) mass is 184 g/mol. The van der Waals surface area contributed by atoms with Crippen LogP contribution < -0.4 is 5.73 Å². The molecule has 1 spiro atoms. The smallest absolute Gasteiger partial charge is 0.249 e. The Balaban J connectivity index is 1.95. The maximum atomic E-state index is 11.5. The molecular formula is C9H16N2O2. The lowest BCUT2D eigenvalue weighted by molar-refractivity contribution is -0.220. The minimum Gasteiger partial charge on any atom is -0.326 e. The fourth-order valence-electron chi connectivity index (χ4n) is 1.92. The van der Waals surface area contributed by atoms with Gasteiger partial charge in [0.15, 0.2) is 0 Å². The Labute approximate surface area is 78.0 Å². The lowest BCUT2D eigenvalue weighted by atomic mass is 9.78. The summed E-state index contributed by atoms with van der Waals surface area (Å²) < 4.78 is 0. The van der Waals surface area contributed by atoms with Gasteiger partial charge >= 0.3 is 0 Å². The third-order valence-electron chi connectivity index (χ3n) is 2.77. The average molecular weight is 184 g/mol. The van der Waals surface area contributed by atoms with Gasteiger partial charge in [0.2, 0.25) is 5.91 Å². The predicted molar refractivity (Wildman–Crippen MR) is 47.6 cm³/mol. The maximum Gasteiger partial charge on any atom is 0.249 e. The van der Waals surface area contributed by atoms with Crippen molar-refractivity contribution in [3.05, 3.63) is 0 Å². The molecule has 2 N–H and O–H groups in total. The summed E-state index contributed by atoms with van der Waals surface area (Å²) in [7, 11) is 0. The van der Waals surface area contributed by atoms with Crippen molar-refractivity contribution in [3.63, 3.8) is 0 Å². The van der Waals surface area contributed by atoms with Gasteiger partial charge in [-0.1, -0.05) is 0 Å². The summed E-state index contributed by atoms with van der Waals surface area (Å²) >= 11 is 0. The Morgan fingerprint density at radius 2 is 2.38 bits per heavy atom. The van der Waals surface area contributed by atoms with Gasteiger partial charge in [0.1, 0.15) is 5.60 Å². The molecule has 0 bridgehead atoms. The molecule has 0 radical (unpaired) electrons. The van der Waals surface area contributed by atoms with E-state index in [1.165, 1.54) is 11.5 Å². The first kappa shape index (κ1) is 8.97. The van der Waals surface area contributed by atoms with E-state index in [4.69, 9.17) is 10.6 Å². The van der Waals surface area contributed by atoms with Crippen LogP contribution in [-0.2, 0) is 9.63 Å². The van der Waals surface area contributed by atoms with Crippen LogP contribution in [0.5, 0.6) is 0 Å². The van der Waals surface area contributed by atoms with Gasteiger partial charge in [-0.3, -0.25) is 9.63 Å². The van der Waals surface area contributed by atoms with Crippen molar-refractivity contribution in [1.82, 2.24) is 5.06 Å². The van der Waals surface area contributed by atoms with E-state index in [1.54, 1.807) is 0 Å². The number of rotatable bonds is 2. The summed E-state index contributed by atoms with van der Waals surface area (Å²) in [6, 6.07) is -0.0147. The molecule has 4 heteroatoms. The van der Waals surface area contributed by atoms with Crippen molar-refractivity contribution in [2.24, 2.45) is 5.73 Å². The second kappa shape index (κ2) is 2.96. The van der Waals surface area contributed by atoms with Crippen LogP contribution >= 0.6 is 0 Å². The van der Waals surface area contributed by atoms with Crippen LogP contribution in [0.15, 0.2) is 0 Å². The predicted octanol–water partition coefficient (Wildman–Crippen LogP) is 0.420. The normalized spacial score (nSPS) is 27.8. The van der Waals surface area contributed by atoms with Crippen molar-refractivity contribution in [1.29, 1.82) is 0 Å². The molecule has 1 saturated heterocycles. The summed E-state index contributed by atoms with van der Waals surface area (Å²) in [6.07, 6.45) is 3.78. The number of carbonyl (C=O) groups excluding carboxylic acids is 1. The van der Waals surface area contributed by atoms with Gasteiger partial charge in [-0.25, -0.2) is 5.06 Å². The van der Waals surface area contributed by atoms with E-state index in [0.29, 0.717) is 13.0 Å². The van der Waals surface area contributed by atoms with E-state index in [1.807, 2.05) is 6.92 Å². The highest BCUT2D eigenvalue weighted by Gasteiger charge is 2.49. The minimum atomic E-state index is -0.133.